The Hall–Kier alpha value is -0.610. The molecule has 28 heavy (non-hydrogen) atoms. The van der Waals surface area contributed by atoms with E-state index in [1.54, 1.807) is 0 Å². The first-order valence-electron chi connectivity index (χ1n) is 9.49. The fourth-order valence-electron chi connectivity index (χ4n) is 3.81. The topological polar surface area (TPSA) is 81.0 Å². The van der Waals surface area contributed by atoms with Gasteiger partial charge in [-0.2, -0.15) is 0 Å². The zero-order chi connectivity index (χ0) is 19.8. The van der Waals surface area contributed by atoms with E-state index in [9.17, 15) is 10.2 Å². The van der Waals surface area contributed by atoms with Crippen molar-refractivity contribution < 1.29 is 24.4 Å². The molecule has 0 radical (unpaired) electrons. The van der Waals surface area contributed by atoms with Crippen LogP contribution in [0, 0.1) is 0 Å². The summed E-state index contributed by atoms with van der Waals surface area (Å²) in [4.78, 5) is 4.71. The maximum absolute atomic E-state index is 10.6. The van der Waals surface area contributed by atoms with E-state index < -0.39 is 30.5 Å². The highest BCUT2D eigenvalue weighted by molar-refractivity contribution is 9.11. The molecule has 0 unspecified atom stereocenters. The van der Waals surface area contributed by atoms with Gasteiger partial charge in [-0.3, -0.25) is 4.98 Å². The monoisotopic (exact) mass is 515 g/mol. The Kier molecular flexibility index (Phi) is 6.37. The molecular weight excluding hydrogens is 494 g/mol. The van der Waals surface area contributed by atoms with E-state index in [2.05, 4.69) is 31.9 Å². The summed E-state index contributed by atoms with van der Waals surface area (Å²) in [5.74, 6) is 0. The fourth-order valence-corrected chi connectivity index (χ4v) is 5.16. The molecule has 0 spiro atoms. The summed E-state index contributed by atoms with van der Waals surface area (Å²) in [6.07, 6.45) is -1.92. The molecule has 2 fully saturated rings. The third-order valence-corrected chi connectivity index (χ3v) is 6.30. The molecular formula is C20H23Br2NO5. The van der Waals surface area contributed by atoms with Crippen LogP contribution in [-0.4, -0.2) is 58.6 Å². The molecule has 2 aliphatic rings. The summed E-state index contributed by atoms with van der Waals surface area (Å²) < 4.78 is 19.4. The molecule has 1 aromatic carbocycles. The summed E-state index contributed by atoms with van der Waals surface area (Å²) in [5.41, 5.74) is 1.63. The third kappa shape index (κ3) is 4.14. The van der Waals surface area contributed by atoms with Crippen molar-refractivity contribution >= 4 is 42.8 Å². The molecule has 2 saturated heterocycles. The first-order valence-corrected chi connectivity index (χ1v) is 11.1. The molecule has 2 aliphatic heterocycles. The lowest BCUT2D eigenvalue weighted by Crippen LogP contribution is -2.63. The molecule has 0 bridgehead atoms. The molecule has 3 heterocycles. The number of pyridine rings is 1. The molecule has 152 valence electrons. The first kappa shape index (κ1) is 20.7. The van der Waals surface area contributed by atoms with Crippen LogP contribution >= 0.6 is 31.9 Å². The second-order valence-corrected chi connectivity index (χ2v) is 9.08. The number of benzene rings is 1. The number of ether oxygens (including phenoxy) is 3. The Morgan fingerprint density at radius 3 is 2.75 bits per heavy atom. The van der Waals surface area contributed by atoms with E-state index in [0.717, 1.165) is 38.4 Å². The van der Waals surface area contributed by atoms with Gasteiger partial charge < -0.3 is 24.4 Å². The molecule has 6 atom stereocenters. The highest BCUT2D eigenvalue weighted by Gasteiger charge is 2.48. The van der Waals surface area contributed by atoms with Gasteiger partial charge in [0, 0.05) is 26.4 Å². The molecule has 1 aromatic heterocycles. The lowest BCUT2D eigenvalue weighted by Gasteiger charge is -2.46. The largest absolute Gasteiger partial charge is 0.388 e. The van der Waals surface area contributed by atoms with Crippen molar-refractivity contribution in [2.75, 3.05) is 6.61 Å². The smallest absolute Gasteiger partial charge is 0.158 e. The number of fused-ring (bicyclic) bond motifs is 2. The zero-order valence-corrected chi connectivity index (χ0v) is 18.6. The Balaban J connectivity index is 1.50. The van der Waals surface area contributed by atoms with E-state index in [4.69, 9.17) is 19.2 Å². The number of aliphatic hydroxyl groups excluding tert-OH is 2. The van der Waals surface area contributed by atoms with Crippen LogP contribution in [-0.2, 0) is 20.6 Å². The zero-order valence-electron chi connectivity index (χ0n) is 15.4. The van der Waals surface area contributed by atoms with Gasteiger partial charge in [-0.15, -0.1) is 0 Å². The van der Waals surface area contributed by atoms with Gasteiger partial charge in [0.05, 0.1) is 18.2 Å². The van der Waals surface area contributed by atoms with Crippen molar-refractivity contribution in [1.82, 2.24) is 4.98 Å². The van der Waals surface area contributed by atoms with Crippen LogP contribution in [0.1, 0.15) is 25.5 Å². The Morgan fingerprint density at radius 2 is 1.96 bits per heavy atom. The maximum Gasteiger partial charge on any atom is 0.158 e. The van der Waals surface area contributed by atoms with Crippen molar-refractivity contribution in [2.45, 2.75) is 63.0 Å². The van der Waals surface area contributed by atoms with Gasteiger partial charge in [0.1, 0.15) is 24.4 Å². The van der Waals surface area contributed by atoms with Crippen molar-refractivity contribution in [1.29, 1.82) is 0 Å². The van der Waals surface area contributed by atoms with Gasteiger partial charge in [-0.1, -0.05) is 35.3 Å². The number of halogens is 2. The Morgan fingerprint density at radius 1 is 1.14 bits per heavy atom. The van der Waals surface area contributed by atoms with Crippen molar-refractivity contribution in [3.63, 3.8) is 0 Å². The molecule has 2 aromatic rings. The number of nitrogens with zero attached hydrogens (tertiary/aromatic N) is 1. The quantitative estimate of drug-likeness (QED) is 0.648. The van der Waals surface area contributed by atoms with Crippen LogP contribution in [0.3, 0.4) is 0 Å². The molecule has 0 saturated carbocycles. The van der Waals surface area contributed by atoms with Crippen molar-refractivity contribution in [3.05, 3.63) is 38.9 Å². The van der Waals surface area contributed by atoms with E-state index in [1.165, 1.54) is 0 Å². The number of aromatic nitrogens is 1. The molecule has 2 N–H and O–H groups in total. The fraction of sp³-hybridized carbons (Fsp3) is 0.550. The van der Waals surface area contributed by atoms with Crippen LogP contribution < -0.4 is 0 Å². The van der Waals surface area contributed by atoms with Crippen molar-refractivity contribution in [3.8, 4) is 0 Å². The minimum atomic E-state index is -1.05. The van der Waals surface area contributed by atoms with Crippen LogP contribution in [0.25, 0.3) is 10.9 Å². The standard InChI is InChI=1S/C20H23Br2NO5/c1-2-3-16-26-9-15-20(28-16)19(25)18(24)14(27-15)8-12-5-4-10-6-11(21)7-13(22)17(10)23-12/h4-7,14-16,18-20,24-25H,2-3,8-9H2,1H3/t14-,15+,16-,18-,19+,20+/m0/s1. The highest BCUT2D eigenvalue weighted by Crippen LogP contribution is 2.32. The van der Waals surface area contributed by atoms with E-state index in [1.807, 2.05) is 31.2 Å². The summed E-state index contributed by atoms with van der Waals surface area (Å²) >= 11 is 7.03. The first-order chi connectivity index (χ1) is 13.5. The second kappa shape index (κ2) is 8.63. The van der Waals surface area contributed by atoms with E-state index in [-0.39, 0.29) is 6.29 Å². The molecule has 4 rings (SSSR count). The molecule has 6 nitrogen and oxygen atoms in total. The summed E-state index contributed by atoms with van der Waals surface area (Å²) in [6.45, 7) is 2.39. The number of rotatable bonds is 4. The Labute approximate surface area is 180 Å². The van der Waals surface area contributed by atoms with Crippen LogP contribution in [0.15, 0.2) is 33.2 Å². The number of hydrogen-bond donors (Lipinski definition) is 2. The summed E-state index contributed by atoms with van der Waals surface area (Å²) in [5, 5.41) is 22.2. The third-order valence-electron chi connectivity index (χ3n) is 5.24. The van der Waals surface area contributed by atoms with Gasteiger partial charge in [0.2, 0.25) is 0 Å². The van der Waals surface area contributed by atoms with Crippen LogP contribution in [0.2, 0.25) is 0 Å². The van der Waals surface area contributed by atoms with Crippen molar-refractivity contribution in [2.24, 2.45) is 0 Å². The number of aliphatic hydroxyl groups is 2. The lowest BCUT2D eigenvalue weighted by molar-refractivity contribution is -0.325. The highest BCUT2D eigenvalue weighted by atomic mass is 79.9. The average Bonchev–Trinajstić information content (AvgIpc) is 2.67. The lowest BCUT2D eigenvalue weighted by atomic mass is 9.92. The molecule has 8 heteroatoms. The maximum atomic E-state index is 10.6. The van der Waals surface area contributed by atoms with E-state index in [0.29, 0.717) is 13.0 Å². The van der Waals surface area contributed by atoms with Gasteiger partial charge in [-0.25, -0.2) is 0 Å². The summed E-state index contributed by atoms with van der Waals surface area (Å²) in [6, 6.07) is 7.86. The molecule has 0 amide bonds. The van der Waals surface area contributed by atoms with Gasteiger partial charge in [0.15, 0.2) is 6.29 Å². The predicted molar refractivity (Wildman–Crippen MR) is 111 cm³/mol. The predicted octanol–water partition coefficient (Wildman–Crippen LogP) is 3.33. The number of hydrogen-bond acceptors (Lipinski definition) is 6. The Bertz CT molecular complexity index is 849. The van der Waals surface area contributed by atoms with Gasteiger partial charge in [-0.05, 0) is 40.5 Å². The van der Waals surface area contributed by atoms with Gasteiger partial charge in [0.25, 0.3) is 0 Å². The second-order valence-electron chi connectivity index (χ2n) is 7.31. The van der Waals surface area contributed by atoms with Crippen LogP contribution in [0.5, 0.6) is 0 Å². The normalized spacial score (nSPS) is 33.0. The SMILES string of the molecule is CCC[C@H]1OC[C@H]2O[C@@H](Cc3ccc4cc(Br)cc(Br)c4n3)[C@H](O)[C@@H](O)[C@@H]2O1. The van der Waals surface area contributed by atoms with Gasteiger partial charge >= 0.3 is 0 Å². The average molecular weight is 517 g/mol. The minimum Gasteiger partial charge on any atom is -0.388 e. The minimum absolute atomic E-state index is 0.348. The van der Waals surface area contributed by atoms with E-state index >= 15 is 0 Å². The summed E-state index contributed by atoms with van der Waals surface area (Å²) in [7, 11) is 0. The molecule has 0 aliphatic carbocycles. The van der Waals surface area contributed by atoms with Crippen LogP contribution in [0.4, 0.5) is 0 Å².